The molecule has 0 heterocycles. The minimum absolute atomic E-state index is 0.0483. The van der Waals surface area contributed by atoms with E-state index in [9.17, 15) is 4.79 Å². The molecule has 1 atom stereocenters. The molecule has 0 saturated carbocycles. The fourth-order valence-electron chi connectivity index (χ4n) is 0.727. The van der Waals surface area contributed by atoms with E-state index in [1.54, 1.807) is 0 Å². The van der Waals surface area contributed by atoms with Gasteiger partial charge in [-0.05, 0) is 12.3 Å². The molecule has 0 aliphatic carbocycles. The lowest BCUT2D eigenvalue weighted by atomic mass is 10.2. The Kier molecular flexibility index (Phi) is 6.32. The Morgan fingerprint density at radius 3 is 2.54 bits per heavy atom. The second kappa shape index (κ2) is 6.71. The van der Waals surface area contributed by atoms with Gasteiger partial charge < -0.3 is 15.2 Å². The van der Waals surface area contributed by atoms with Crippen molar-refractivity contribution in [1.29, 1.82) is 0 Å². The highest BCUT2D eigenvalue weighted by Crippen LogP contribution is 1.94. The zero-order valence-electron chi connectivity index (χ0n) is 8.54. The Morgan fingerprint density at radius 2 is 2.15 bits per heavy atom. The first-order valence-electron chi connectivity index (χ1n) is 4.64. The van der Waals surface area contributed by atoms with Gasteiger partial charge in [-0.3, -0.25) is 0 Å². The highest BCUT2D eigenvalue weighted by atomic mass is 16.5. The topological polar surface area (TPSA) is 58.6 Å². The monoisotopic (exact) mass is 189 g/mol. The summed E-state index contributed by atoms with van der Waals surface area (Å²) >= 11 is 0. The van der Waals surface area contributed by atoms with Crippen molar-refractivity contribution in [1.82, 2.24) is 5.32 Å². The molecule has 4 nitrogen and oxygen atoms in total. The molecule has 0 radical (unpaired) electrons. The normalized spacial score (nSPS) is 12.7. The number of aliphatic hydroxyl groups is 1. The van der Waals surface area contributed by atoms with E-state index in [0.717, 1.165) is 0 Å². The van der Waals surface area contributed by atoms with Crippen molar-refractivity contribution in [3.63, 3.8) is 0 Å². The molecule has 0 aliphatic heterocycles. The number of ether oxygens (including phenoxy) is 1. The van der Waals surface area contributed by atoms with Crippen molar-refractivity contribution in [2.75, 3.05) is 13.2 Å². The molecular weight excluding hydrogens is 170 g/mol. The number of hydrogen-bond acceptors (Lipinski definition) is 3. The molecule has 0 aromatic rings. The standard InChI is InChI=1S/C9H19NO3/c1-4-8(5-11)10-9(12)13-6-7(2)3/h7-8,11H,4-6H2,1-3H3,(H,10,12). The third-order valence-corrected chi connectivity index (χ3v) is 1.58. The minimum atomic E-state index is -0.449. The number of aliphatic hydroxyl groups excluding tert-OH is 1. The number of hydrogen-bond donors (Lipinski definition) is 2. The fourth-order valence-corrected chi connectivity index (χ4v) is 0.727. The maximum absolute atomic E-state index is 11.0. The molecule has 1 amide bonds. The van der Waals surface area contributed by atoms with Crippen LogP contribution in [-0.2, 0) is 4.74 Å². The molecule has 2 N–H and O–H groups in total. The van der Waals surface area contributed by atoms with E-state index in [1.807, 2.05) is 20.8 Å². The van der Waals surface area contributed by atoms with Gasteiger partial charge in [0.25, 0.3) is 0 Å². The number of amides is 1. The third-order valence-electron chi connectivity index (χ3n) is 1.58. The molecule has 0 aromatic heterocycles. The predicted molar refractivity (Wildman–Crippen MR) is 50.5 cm³/mol. The summed E-state index contributed by atoms with van der Waals surface area (Å²) in [6.07, 6.45) is 0.252. The van der Waals surface area contributed by atoms with Crippen molar-refractivity contribution in [3.05, 3.63) is 0 Å². The van der Waals surface area contributed by atoms with Gasteiger partial charge in [-0.25, -0.2) is 4.79 Å². The summed E-state index contributed by atoms with van der Waals surface area (Å²) in [5, 5.41) is 11.3. The average Bonchev–Trinajstić information content (AvgIpc) is 2.10. The molecule has 1 unspecified atom stereocenters. The number of rotatable bonds is 5. The van der Waals surface area contributed by atoms with Gasteiger partial charge in [-0.15, -0.1) is 0 Å². The summed E-state index contributed by atoms with van der Waals surface area (Å²) in [6, 6.07) is -0.195. The van der Waals surface area contributed by atoms with Gasteiger partial charge in [-0.1, -0.05) is 20.8 Å². The molecule has 0 aromatic carbocycles. The third kappa shape index (κ3) is 6.40. The Hall–Kier alpha value is -0.770. The molecule has 0 saturated heterocycles. The Balaban J connectivity index is 3.60. The number of nitrogens with one attached hydrogen (secondary N) is 1. The predicted octanol–water partition coefficient (Wildman–Crippen LogP) is 1.14. The van der Waals surface area contributed by atoms with Crippen LogP contribution in [0.15, 0.2) is 0 Å². The second-order valence-electron chi connectivity index (χ2n) is 3.42. The quantitative estimate of drug-likeness (QED) is 0.681. The zero-order valence-corrected chi connectivity index (χ0v) is 8.54. The smallest absolute Gasteiger partial charge is 0.407 e. The van der Waals surface area contributed by atoms with E-state index >= 15 is 0 Å². The van der Waals surface area contributed by atoms with Crippen LogP contribution >= 0.6 is 0 Å². The average molecular weight is 189 g/mol. The van der Waals surface area contributed by atoms with Crippen LogP contribution in [0.2, 0.25) is 0 Å². The van der Waals surface area contributed by atoms with Crippen molar-refractivity contribution < 1.29 is 14.6 Å². The van der Waals surface area contributed by atoms with E-state index in [4.69, 9.17) is 9.84 Å². The molecule has 0 bridgehead atoms. The first kappa shape index (κ1) is 12.2. The van der Waals surface area contributed by atoms with E-state index in [2.05, 4.69) is 5.32 Å². The van der Waals surface area contributed by atoms with Crippen molar-refractivity contribution >= 4 is 6.09 Å². The Morgan fingerprint density at radius 1 is 1.54 bits per heavy atom. The second-order valence-corrected chi connectivity index (χ2v) is 3.42. The fraction of sp³-hybridized carbons (Fsp3) is 0.889. The van der Waals surface area contributed by atoms with Crippen LogP contribution in [0.5, 0.6) is 0 Å². The molecular formula is C9H19NO3. The van der Waals surface area contributed by atoms with E-state index in [-0.39, 0.29) is 12.6 Å². The first-order valence-corrected chi connectivity index (χ1v) is 4.64. The number of carbonyl (C=O) groups excluding carboxylic acids is 1. The van der Waals surface area contributed by atoms with Crippen LogP contribution in [0.25, 0.3) is 0 Å². The van der Waals surface area contributed by atoms with Gasteiger partial charge in [0.05, 0.1) is 19.3 Å². The Bertz CT molecular complexity index is 144. The van der Waals surface area contributed by atoms with E-state index in [1.165, 1.54) is 0 Å². The molecule has 78 valence electrons. The van der Waals surface area contributed by atoms with Gasteiger partial charge in [0.15, 0.2) is 0 Å². The lowest BCUT2D eigenvalue weighted by Crippen LogP contribution is -2.37. The summed E-state index contributed by atoms with van der Waals surface area (Å²) in [5.41, 5.74) is 0. The molecule has 0 spiro atoms. The minimum Gasteiger partial charge on any atom is -0.449 e. The summed E-state index contributed by atoms with van der Waals surface area (Å²) in [7, 11) is 0. The SMILES string of the molecule is CCC(CO)NC(=O)OCC(C)C. The summed E-state index contributed by atoms with van der Waals surface area (Å²) < 4.78 is 4.88. The summed E-state index contributed by atoms with van der Waals surface area (Å²) in [6.45, 7) is 6.19. The molecule has 4 heteroatoms. The lowest BCUT2D eigenvalue weighted by Gasteiger charge is -2.14. The number of alkyl carbamates (subject to hydrolysis) is 1. The van der Waals surface area contributed by atoms with Crippen molar-refractivity contribution in [2.24, 2.45) is 5.92 Å². The van der Waals surface area contributed by atoms with Gasteiger partial charge in [0.2, 0.25) is 0 Å². The van der Waals surface area contributed by atoms with Crippen LogP contribution < -0.4 is 5.32 Å². The van der Waals surface area contributed by atoms with Crippen LogP contribution in [0, 0.1) is 5.92 Å². The van der Waals surface area contributed by atoms with Crippen LogP contribution in [-0.4, -0.2) is 30.5 Å². The van der Waals surface area contributed by atoms with Crippen LogP contribution in [0.1, 0.15) is 27.2 Å². The summed E-state index contributed by atoms with van der Waals surface area (Å²) in [5.74, 6) is 0.333. The lowest BCUT2D eigenvalue weighted by molar-refractivity contribution is 0.123. The highest BCUT2D eigenvalue weighted by Gasteiger charge is 2.09. The first-order chi connectivity index (χ1) is 6.10. The molecule has 0 aliphatic rings. The van der Waals surface area contributed by atoms with E-state index in [0.29, 0.717) is 18.9 Å². The highest BCUT2D eigenvalue weighted by molar-refractivity contribution is 5.67. The van der Waals surface area contributed by atoms with Gasteiger partial charge in [-0.2, -0.15) is 0 Å². The van der Waals surface area contributed by atoms with Crippen molar-refractivity contribution in [2.45, 2.75) is 33.2 Å². The van der Waals surface area contributed by atoms with Gasteiger partial charge in [0, 0.05) is 0 Å². The zero-order chi connectivity index (χ0) is 10.3. The molecule has 0 fully saturated rings. The maximum atomic E-state index is 11.0. The van der Waals surface area contributed by atoms with Crippen LogP contribution in [0.4, 0.5) is 4.79 Å². The van der Waals surface area contributed by atoms with Crippen LogP contribution in [0.3, 0.4) is 0 Å². The molecule has 0 rings (SSSR count). The Labute approximate surface area is 79.3 Å². The largest absolute Gasteiger partial charge is 0.449 e. The van der Waals surface area contributed by atoms with E-state index < -0.39 is 6.09 Å². The summed E-state index contributed by atoms with van der Waals surface area (Å²) in [4.78, 5) is 11.0. The van der Waals surface area contributed by atoms with Gasteiger partial charge in [0.1, 0.15) is 0 Å². The number of carbonyl (C=O) groups is 1. The van der Waals surface area contributed by atoms with Crippen molar-refractivity contribution in [3.8, 4) is 0 Å². The maximum Gasteiger partial charge on any atom is 0.407 e. The molecule has 13 heavy (non-hydrogen) atoms. The van der Waals surface area contributed by atoms with Gasteiger partial charge >= 0.3 is 6.09 Å².